The molecule has 5 nitrogen and oxygen atoms in total. The molecule has 108 valence electrons. The van der Waals surface area contributed by atoms with E-state index in [0.29, 0.717) is 12.3 Å². The Morgan fingerprint density at radius 1 is 1.35 bits per heavy atom. The predicted molar refractivity (Wildman–Crippen MR) is 81.9 cm³/mol. The van der Waals surface area contributed by atoms with Crippen LogP contribution in [0, 0.1) is 0 Å². The van der Waals surface area contributed by atoms with Crippen LogP contribution in [0.4, 0.5) is 11.4 Å². The highest BCUT2D eigenvalue weighted by atomic mass is 16.5. The van der Waals surface area contributed by atoms with Gasteiger partial charge < -0.3 is 15.8 Å². The number of nitrogens with zero attached hydrogens (tertiary/aromatic N) is 2. The fourth-order valence-corrected chi connectivity index (χ4v) is 2.15. The lowest BCUT2D eigenvalue weighted by Crippen LogP contribution is -2.03. The lowest BCUT2D eigenvalue weighted by Gasteiger charge is -2.11. The number of nitrogen functional groups attached to an aromatic ring is 1. The molecule has 2 aromatic rings. The van der Waals surface area contributed by atoms with Crippen LogP contribution < -0.4 is 15.8 Å². The van der Waals surface area contributed by atoms with E-state index in [1.165, 1.54) is 5.56 Å². The predicted octanol–water partition coefficient (Wildman–Crippen LogP) is 2.58. The highest BCUT2D eigenvalue weighted by Gasteiger charge is 2.06. The first kappa shape index (κ1) is 14.2. The summed E-state index contributed by atoms with van der Waals surface area (Å²) in [7, 11) is 1.94. The highest BCUT2D eigenvalue weighted by molar-refractivity contribution is 5.61. The van der Waals surface area contributed by atoms with Crippen molar-refractivity contribution >= 4 is 11.4 Å². The Hall–Kier alpha value is -2.17. The van der Waals surface area contributed by atoms with Gasteiger partial charge in [0.1, 0.15) is 5.75 Å². The van der Waals surface area contributed by atoms with E-state index in [2.05, 4.69) is 17.3 Å². The van der Waals surface area contributed by atoms with Gasteiger partial charge in [0.2, 0.25) is 0 Å². The molecule has 1 heterocycles. The van der Waals surface area contributed by atoms with Gasteiger partial charge in [-0.25, -0.2) is 0 Å². The van der Waals surface area contributed by atoms with Crippen molar-refractivity contribution < 1.29 is 4.74 Å². The smallest absolute Gasteiger partial charge is 0.144 e. The van der Waals surface area contributed by atoms with Gasteiger partial charge in [0, 0.05) is 37.1 Å². The molecule has 0 saturated heterocycles. The molecule has 1 aromatic carbocycles. The van der Waals surface area contributed by atoms with Crippen molar-refractivity contribution in [2.24, 2.45) is 7.05 Å². The van der Waals surface area contributed by atoms with Gasteiger partial charge in [0.25, 0.3) is 0 Å². The number of nitrogens with one attached hydrogen (secondary N) is 1. The van der Waals surface area contributed by atoms with Gasteiger partial charge in [-0.15, -0.1) is 0 Å². The fraction of sp³-hybridized carbons (Fsp3) is 0.400. The van der Waals surface area contributed by atoms with E-state index < -0.39 is 0 Å². The number of aromatic nitrogens is 2. The van der Waals surface area contributed by atoms with Crippen LogP contribution in [0.1, 0.15) is 25.1 Å². The van der Waals surface area contributed by atoms with Crippen molar-refractivity contribution in [2.45, 2.75) is 26.8 Å². The number of rotatable bonds is 6. The van der Waals surface area contributed by atoms with E-state index in [9.17, 15) is 0 Å². The molecule has 0 aliphatic carbocycles. The Morgan fingerprint density at radius 3 is 2.85 bits per heavy atom. The molecule has 5 heteroatoms. The summed E-state index contributed by atoms with van der Waals surface area (Å²) >= 11 is 0. The number of anilines is 2. The number of aryl methyl sites for hydroxylation is 2. The fourth-order valence-electron chi connectivity index (χ4n) is 2.15. The normalized spacial score (nSPS) is 10.6. The Kier molecular flexibility index (Phi) is 4.50. The Bertz CT molecular complexity index is 577. The van der Waals surface area contributed by atoms with Gasteiger partial charge in [-0.1, -0.05) is 6.92 Å². The second-order valence-electron chi connectivity index (χ2n) is 4.67. The molecule has 0 bridgehead atoms. The zero-order valence-electron chi connectivity index (χ0n) is 12.3. The zero-order valence-corrected chi connectivity index (χ0v) is 12.3. The molecule has 0 saturated carbocycles. The minimum Gasteiger partial charge on any atom is -0.492 e. The van der Waals surface area contributed by atoms with E-state index in [4.69, 9.17) is 10.5 Å². The highest BCUT2D eigenvalue weighted by Crippen LogP contribution is 2.26. The average molecular weight is 274 g/mol. The van der Waals surface area contributed by atoms with Gasteiger partial charge in [-0.2, -0.15) is 5.10 Å². The molecule has 0 fully saturated rings. The molecule has 0 aliphatic rings. The molecule has 0 unspecified atom stereocenters. The van der Waals surface area contributed by atoms with Crippen LogP contribution in [0.2, 0.25) is 0 Å². The maximum Gasteiger partial charge on any atom is 0.144 e. The van der Waals surface area contributed by atoms with Crippen LogP contribution >= 0.6 is 0 Å². The zero-order chi connectivity index (χ0) is 14.5. The monoisotopic (exact) mass is 274 g/mol. The minimum atomic E-state index is 0.607. The topological polar surface area (TPSA) is 65.1 Å². The second-order valence-corrected chi connectivity index (χ2v) is 4.67. The van der Waals surface area contributed by atoms with E-state index in [1.807, 2.05) is 43.0 Å². The summed E-state index contributed by atoms with van der Waals surface area (Å²) in [5.41, 5.74) is 9.86. The van der Waals surface area contributed by atoms with Gasteiger partial charge in [-0.05, 0) is 25.5 Å². The number of hydrogen-bond acceptors (Lipinski definition) is 4. The van der Waals surface area contributed by atoms with Crippen LogP contribution in [0.15, 0.2) is 24.4 Å². The maximum atomic E-state index is 5.87. The van der Waals surface area contributed by atoms with E-state index in [1.54, 1.807) is 0 Å². The molecule has 1 aromatic heterocycles. The lowest BCUT2D eigenvalue weighted by molar-refractivity contribution is 0.342. The Balaban J connectivity index is 2.08. The van der Waals surface area contributed by atoms with E-state index >= 15 is 0 Å². The molecular formula is C15H22N4O. The van der Waals surface area contributed by atoms with Crippen LogP contribution in [0.3, 0.4) is 0 Å². The second kappa shape index (κ2) is 6.32. The molecule has 0 aliphatic heterocycles. The van der Waals surface area contributed by atoms with Crippen molar-refractivity contribution in [1.82, 2.24) is 9.78 Å². The van der Waals surface area contributed by atoms with Crippen LogP contribution in [0.25, 0.3) is 0 Å². The quantitative estimate of drug-likeness (QED) is 0.795. The van der Waals surface area contributed by atoms with Gasteiger partial charge >= 0.3 is 0 Å². The lowest BCUT2D eigenvalue weighted by atomic mass is 10.2. The minimum absolute atomic E-state index is 0.607. The van der Waals surface area contributed by atoms with Gasteiger partial charge in [0.05, 0.1) is 18.0 Å². The Labute approximate surface area is 119 Å². The van der Waals surface area contributed by atoms with E-state index in [-0.39, 0.29) is 0 Å². The summed E-state index contributed by atoms with van der Waals surface area (Å²) in [5.74, 6) is 0.722. The molecule has 0 spiro atoms. The molecular weight excluding hydrogens is 252 g/mol. The number of hydrogen-bond donors (Lipinski definition) is 2. The number of benzene rings is 1. The van der Waals surface area contributed by atoms with Crippen molar-refractivity contribution in [3.63, 3.8) is 0 Å². The summed E-state index contributed by atoms with van der Waals surface area (Å²) in [6.45, 7) is 5.41. The molecule has 0 amide bonds. The van der Waals surface area contributed by atoms with Gasteiger partial charge in [0.15, 0.2) is 0 Å². The van der Waals surface area contributed by atoms with Gasteiger partial charge in [-0.3, -0.25) is 4.68 Å². The summed E-state index contributed by atoms with van der Waals surface area (Å²) in [4.78, 5) is 0. The summed E-state index contributed by atoms with van der Waals surface area (Å²) in [6.07, 6.45) is 2.98. The maximum absolute atomic E-state index is 5.87. The first-order chi connectivity index (χ1) is 9.63. The Morgan fingerprint density at radius 2 is 2.15 bits per heavy atom. The molecule has 0 radical (unpaired) electrons. The molecule has 3 N–H and O–H groups in total. The first-order valence-corrected chi connectivity index (χ1v) is 6.91. The van der Waals surface area contributed by atoms with Crippen LogP contribution in [0.5, 0.6) is 5.75 Å². The van der Waals surface area contributed by atoms with Crippen molar-refractivity contribution in [1.29, 1.82) is 0 Å². The van der Waals surface area contributed by atoms with Crippen molar-refractivity contribution in [3.8, 4) is 5.75 Å². The first-order valence-electron chi connectivity index (χ1n) is 6.91. The van der Waals surface area contributed by atoms with Crippen molar-refractivity contribution in [2.75, 3.05) is 17.7 Å². The van der Waals surface area contributed by atoms with Crippen molar-refractivity contribution in [3.05, 3.63) is 35.7 Å². The average Bonchev–Trinajstić information content (AvgIpc) is 2.80. The molecule has 0 atom stereocenters. The summed E-state index contributed by atoms with van der Waals surface area (Å²) in [6, 6.07) is 5.75. The number of ether oxygens (including phenoxy) is 1. The van der Waals surface area contributed by atoms with E-state index in [0.717, 1.165) is 30.1 Å². The third-order valence-corrected chi connectivity index (χ3v) is 3.12. The number of nitrogens with two attached hydrogens (primary N) is 1. The molecule has 20 heavy (non-hydrogen) atoms. The van der Waals surface area contributed by atoms with Crippen LogP contribution in [-0.2, 0) is 20.0 Å². The summed E-state index contributed by atoms with van der Waals surface area (Å²) in [5, 5.41) is 7.82. The standard InChI is InChI=1S/C15H22N4O/c1-4-14-11(10-19(3)18-14)9-17-12-6-7-13(16)15(8-12)20-5-2/h6-8,10,17H,4-5,9,16H2,1-3H3. The third-order valence-electron chi connectivity index (χ3n) is 3.12. The largest absolute Gasteiger partial charge is 0.492 e. The molecule has 2 rings (SSSR count). The SMILES string of the molecule is CCOc1cc(NCc2cn(C)nc2CC)ccc1N. The third kappa shape index (κ3) is 3.23. The summed E-state index contributed by atoms with van der Waals surface area (Å²) < 4.78 is 7.35. The van der Waals surface area contributed by atoms with Crippen LogP contribution in [-0.4, -0.2) is 16.4 Å².